The van der Waals surface area contributed by atoms with Gasteiger partial charge in [-0.05, 0) is 66.1 Å². The first-order valence-corrected chi connectivity index (χ1v) is 14.8. The number of carbonyl (C=O) groups is 2. The number of H-pyrrole nitrogens is 1. The Labute approximate surface area is 257 Å². The summed E-state index contributed by atoms with van der Waals surface area (Å²) in [6.07, 6.45) is 4.81. The second-order valence-electron chi connectivity index (χ2n) is 11.3. The van der Waals surface area contributed by atoms with Crippen molar-refractivity contribution in [3.05, 3.63) is 125 Å². The summed E-state index contributed by atoms with van der Waals surface area (Å²) in [7, 11) is 1.46. The smallest absolute Gasteiger partial charge is 0.407 e. The molecule has 1 aliphatic rings. The number of aromatic amines is 1. The van der Waals surface area contributed by atoms with E-state index in [1.54, 1.807) is 6.33 Å². The topological polar surface area (TPSA) is 120 Å². The standard InChI is InChI=1S/C35H37N5O4/c1-43-33(41)35(18-29-8-5-9-30(16-29)20-38-34(42)44-24-28-6-3-2-4-7-28)14-15-40(23-32-21-37-25-39-32)22-31(35)17-26-10-12-27(19-36)13-11-26/h2-13,16,21,25,31H,14-15,17-18,20,22-24H2,1H3,(H,37,39)(H,38,42). The Hall–Kier alpha value is -4.94. The van der Waals surface area contributed by atoms with E-state index in [2.05, 4.69) is 26.3 Å². The summed E-state index contributed by atoms with van der Waals surface area (Å²) in [4.78, 5) is 35.8. The van der Waals surface area contributed by atoms with Crippen LogP contribution in [0.5, 0.6) is 0 Å². The zero-order chi connectivity index (χ0) is 30.8. The largest absolute Gasteiger partial charge is 0.469 e. The third-order valence-corrected chi connectivity index (χ3v) is 8.40. The molecule has 1 fully saturated rings. The van der Waals surface area contributed by atoms with Crippen LogP contribution in [0.15, 0.2) is 91.4 Å². The van der Waals surface area contributed by atoms with E-state index in [0.717, 1.165) is 34.5 Å². The minimum atomic E-state index is -0.756. The number of ether oxygens (including phenoxy) is 2. The molecular formula is C35H37N5O4. The quantitative estimate of drug-likeness (QED) is 0.231. The summed E-state index contributed by atoms with van der Waals surface area (Å²) in [5.74, 6) is -0.264. The molecule has 1 aliphatic heterocycles. The van der Waals surface area contributed by atoms with Gasteiger partial charge >= 0.3 is 12.1 Å². The van der Waals surface area contributed by atoms with Crippen molar-refractivity contribution in [3.63, 3.8) is 0 Å². The summed E-state index contributed by atoms with van der Waals surface area (Å²) in [6, 6.07) is 27.3. The van der Waals surface area contributed by atoms with Crippen LogP contribution in [-0.4, -0.2) is 47.1 Å². The third-order valence-electron chi connectivity index (χ3n) is 8.40. The van der Waals surface area contributed by atoms with Crippen LogP contribution in [0.25, 0.3) is 0 Å². The lowest BCUT2D eigenvalue weighted by atomic mass is 9.64. The first kappa shape index (κ1) is 30.5. The fourth-order valence-corrected chi connectivity index (χ4v) is 6.09. The van der Waals surface area contributed by atoms with Crippen molar-refractivity contribution in [2.45, 2.75) is 39.0 Å². The van der Waals surface area contributed by atoms with Crippen molar-refractivity contribution < 1.29 is 19.1 Å². The number of benzene rings is 3. The van der Waals surface area contributed by atoms with Gasteiger partial charge in [-0.3, -0.25) is 9.69 Å². The number of nitrogens with zero attached hydrogens (tertiary/aromatic N) is 3. The van der Waals surface area contributed by atoms with Gasteiger partial charge in [0, 0.05) is 31.5 Å². The molecule has 0 saturated carbocycles. The van der Waals surface area contributed by atoms with Crippen LogP contribution in [0.2, 0.25) is 0 Å². The van der Waals surface area contributed by atoms with Crippen molar-refractivity contribution in [2.75, 3.05) is 20.2 Å². The SMILES string of the molecule is COC(=O)C1(Cc2cccc(CNC(=O)OCc3ccccc3)c2)CCN(Cc2cnc[nH]2)CC1Cc1ccc(C#N)cc1. The van der Waals surface area contributed by atoms with E-state index < -0.39 is 11.5 Å². The molecule has 1 amide bonds. The molecule has 44 heavy (non-hydrogen) atoms. The summed E-state index contributed by atoms with van der Waals surface area (Å²) in [5, 5.41) is 12.1. The van der Waals surface area contributed by atoms with Crippen molar-refractivity contribution in [1.29, 1.82) is 5.26 Å². The van der Waals surface area contributed by atoms with Gasteiger partial charge in [0.2, 0.25) is 0 Å². The van der Waals surface area contributed by atoms with Crippen molar-refractivity contribution in [1.82, 2.24) is 20.2 Å². The van der Waals surface area contributed by atoms with Gasteiger partial charge in [-0.25, -0.2) is 9.78 Å². The number of hydrogen-bond donors (Lipinski definition) is 2. The average molecular weight is 592 g/mol. The second-order valence-corrected chi connectivity index (χ2v) is 11.3. The lowest BCUT2D eigenvalue weighted by Gasteiger charge is -2.46. The van der Waals surface area contributed by atoms with E-state index in [9.17, 15) is 14.9 Å². The first-order valence-electron chi connectivity index (χ1n) is 14.8. The Morgan fingerprint density at radius 1 is 1.05 bits per heavy atom. The number of methoxy groups -OCH3 is 1. The Bertz CT molecular complexity index is 1570. The molecular weight excluding hydrogens is 554 g/mol. The Balaban J connectivity index is 1.33. The highest BCUT2D eigenvalue weighted by atomic mass is 16.5. The molecule has 9 nitrogen and oxygen atoms in total. The van der Waals surface area contributed by atoms with Gasteiger partial charge in [-0.2, -0.15) is 5.26 Å². The molecule has 1 saturated heterocycles. The lowest BCUT2D eigenvalue weighted by Crippen LogP contribution is -2.53. The van der Waals surface area contributed by atoms with E-state index in [-0.39, 0.29) is 18.5 Å². The zero-order valence-corrected chi connectivity index (χ0v) is 24.9. The van der Waals surface area contributed by atoms with Crippen molar-refractivity contribution in [3.8, 4) is 6.07 Å². The maximum absolute atomic E-state index is 13.7. The molecule has 9 heteroatoms. The fourth-order valence-electron chi connectivity index (χ4n) is 6.09. The molecule has 2 unspecified atom stereocenters. The summed E-state index contributed by atoms with van der Waals surface area (Å²) in [6.45, 7) is 2.64. The second kappa shape index (κ2) is 14.5. The number of piperidine rings is 1. The number of nitrogens with one attached hydrogen (secondary N) is 2. The number of esters is 1. The molecule has 226 valence electrons. The highest BCUT2D eigenvalue weighted by molar-refractivity contribution is 5.78. The van der Waals surface area contributed by atoms with Gasteiger partial charge < -0.3 is 19.8 Å². The summed E-state index contributed by atoms with van der Waals surface area (Å²) >= 11 is 0. The van der Waals surface area contributed by atoms with E-state index >= 15 is 0 Å². The van der Waals surface area contributed by atoms with Crippen molar-refractivity contribution >= 4 is 12.1 Å². The number of imidazole rings is 1. The van der Waals surface area contributed by atoms with Gasteiger partial charge in [0.05, 0.1) is 30.5 Å². The fraction of sp³-hybridized carbons (Fsp3) is 0.314. The highest BCUT2D eigenvalue weighted by Gasteiger charge is 2.49. The molecule has 0 bridgehead atoms. The normalized spacial score (nSPS) is 18.2. The van der Waals surface area contributed by atoms with Crippen LogP contribution in [0.3, 0.4) is 0 Å². The number of nitriles is 1. The van der Waals surface area contributed by atoms with Gasteiger partial charge in [0.15, 0.2) is 0 Å². The highest BCUT2D eigenvalue weighted by Crippen LogP contribution is 2.43. The van der Waals surface area contributed by atoms with Gasteiger partial charge in [0.25, 0.3) is 0 Å². The number of hydrogen-bond acceptors (Lipinski definition) is 7. The maximum atomic E-state index is 13.7. The monoisotopic (exact) mass is 591 g/mol. The van der Waals surface area contributed by atoms with Crippen LogP contribution in [0, 0.1) is 22.7 Å². The molecule has 0 spiro atoms. The summed E-state index contributed by atoms with van der Waals surface area (Å²) in [5.41, 5.74) is 4.77. The molecule has 2 heterocycles. The third kappa shape index (κ3) is 7.71. The minimum Gasteiger partial charge on any atom is -0.469 e. The number of amides is 1. The predicted octanol–water partition coefficient (Wildman–Crippen LogP) is 5.17. The molecule has 4 aromatic rings. The van der Waals surface area contributed by atoms with Crippen LogP contribution in [-0.2, 0) is 46.8 Å². The summed E-state index contributed by atoms with van der Waals surface area (Å²) < 4.78 is 10.8. The van der Waals surface area contributed by atoms with Gasteiger partial charge in [-0.15, -0.1) is 0 Å². The number of alkyl carbamates (subject to hydrolysis) is 1. The van der Waals surface area contributed by atoms with Crippen LogP contribution < -0.4 is 5.32 Å². The minimum absolute atomic E-state index is 0.0469. The van der Waals surface area contributed by atoms with Crippen LogP contribution in [0.1, 0.15) is 39.9 Å². The van der Waals surface area contributed by atoms with Crippen LogP contribution >= 0.6 is 0 Å². The van der Waals surface area contributed by atoms with Gasteiger partial charge in [0.1, 0.15) is 6.61 Å². The number of carbonyl (C=O) groups excluding carboxylic acids is 2. The molecule has 0 aliphatic carbocycles. The maximum Gasteiger partial charge on any atom is 0.407 e. The van der Waals surface area contributed by atoms with E-state index in [1.165, 1.54) is 7.11 Å². The predicted molar refractivity (Wildman–Crippen MR) is 165 cm³/mol. The number of aromatic nitrogens is 2. The van der Waals surface area contributed by atoms with E-state index in [1.807, 2.05) is 85.1 Å². The molecule has 5 rings (SSSR count). The Morgan fingerprint density at radius 2 is 1.82 bits per heavy atom. The number of rotatable bonds is 11. The zero-order valence-electron chi connectivity index (χ0n) is 24.9. The lowest BCUT2D eigenvalue weighted by molar-refractivity contribution is -0.161. The van der Waals surface area contributed by atoms with E-state index in [0.29, 0.717) is 44.5 Å². The molecule has 0 radical (unpaired) electrons. The Kier molecular flexibility index (Phi) is 10.1. The van der Waals surface area contributed by atoms with E-state index in [4.69, 9.17) is 9.47 Å². The first-order chi connectivity index (χ1) is 21.5. The average Bonchev–Trinajstić information content (AvgIpc) is 3.58. The molecule has 1 aromatic heterocycles. The number of likely N-dealkylation sites (tertiary alicyclic amines) is 1. The van der Waals surface area contributed by atoms with Crippen molar-refractivity contribution in [2.24, 2.45) is 11.3 Å². The molecule has 3 aromatic carbocycles. The molecule has 2 atom stereocenters. The van der Waals surface area contributed by atoms with Gasteiger partial charge in [-0.1, -0.05) is 66.7 Å². The molecule has 2 N–H and O–H groups in total. The Morgan fingerprint density at radius 3 is 2.55 bits per heavy atom. The van der Waals surface area contributed by atoms with Crippen LogP contribution in [0.4, 0.5) is 4.79 Å².